The fourth-order valence-corrected chi connectivity index (χ4v) is 2.70. The average Bonchev–Trinajstić information content (AvgIpc) is 3.05. The number of carbonyl (C=O) groups is 1. The molecule has 1 aromatic carbocycles. The third kappa shape index (κ3) is 4.11. The van der Waals surface area contributed by atoms with Crippen LogP contribution < -0.4 is 4.74 Å². The molecule has 0 aliphatic carbocycles. The summed E-state index contributed by atoms with van der Waals surface area (Å²) >= 11 is 0. The van der Waals surface area contributed by atoms with Gasteiger partial charge in [0.15, 0.2) is 5.82 Å². The lowest BCUT2D eigenvalue weighted by molar-refractivity contribution is -0.139. The molecule has 7 nitrogen and oxygen atoms in total. The number of amides is 1. The van der Waals surface area contributed by atoms with E-state index in [1.54, 1.807) is 6.33 Å². The van der Waals surface area contributed by atoms with Gasteiger partial charge >= 0.3 is 0 Å². The summed E-state index contributed by atoms with van der Waals surface area (Å²) < 4.78 is 13.2. The molecule has 0 bridgehead atoms. The highest BCUT2D eigenvalue weighted by Gasteiger charge is 2.27. The van der Waals surface area contributed by atoms with Crippen molar-refractivity contribution < 1.29 is 14.3 Å². The van der Waals surface area contributed by atoms with Crippen molar-refractivity contribution in [2.75, 3.05) is 26.3 Å². The predicted octanol–water partition coefficient (Wildman–Crippen LogP) is 1.57. The smallest absolute Gasteiger partial charge is 0.222 e. The molecule has 1 aliphatic heterocycles. The Kier molecular flexibility index (Phi) is 5.43. The average molecular weight is 330 g/mol. The highest BCUT2D eigenvalue weighted by Crippen LogP contribution is 2.20. The molecule has 3 rings (SSSR count). The van der Waals surface area contributed by atoms with Crippen molar-refractivity contribution >= 4 is 5.91 Å². The van der Waals surface area contributed by atoms with E-state index in [1.165, 1.54) is 0 Å². The second-order valence-electron chi connectivity index (χ2n) is 5.76. The first-order chi connectivity index (χ1) is 11.7. The van der Waals surface area contributed by atoms with E-state index in [4.69, 9.17) is 9.47 Å². The summed E-state index contributed by atoms with van der Waals surface area (Å²) in [5.41, 5.74) is 0. The zero-order valence-electron chi connectivity index (χ0n) is 13.8. The van der Waals surface area contributed by atoms with Crippen molar-refractivity contribution in [3.63, 3.8) is 0 Å². The van der Waals surface area contributed by atoms with Gasteiger partial charge in [-0.1, -0.05) is 18.2 Å². The molecule has 1 aromatic heterocycles. The zero-order chi connectivity index (χ0) is 16.8. The minimum atomic E-state index is -0.212. The van der Waals surface area contributed by atoms with E-state index in [2.05, 4.69) is 10.2 Å². The Labute approximate surface area is 141 Å². The van der Waals surface area contributed by atoms with Crippen molar-refractivity contribution in [3.8, 4) is 5.75 Å². The normalized spacial score (nSPS) is 17.7. The van der Waals surface area contributed by atoms with Crippen LogP contribution >= 0.6 is 0 Å². The number of hydrogen-bond donors (Lipinski definition) is 0. The summed E-state index contributed by atoms with van der Waals surface area (Å²) in [6.07, 6.45) is 2.59. The summed E-state index contributed by atoms with van der Waals surface area (Å²) in [6, 6.07) is 9.63. The number of nitrogens with zero attached hydrogens (tertiary/aromatic N) is 4. The van der Waals surface area contributed by atoms with Gasteiger partial charge in [-0.15, -0.1) is 10.2 Å². The second kappa shape index (κ2) is 7.92. The van der Waals surface area contributed by atoms with Crippen LogP contribution in [0.4, 0.5) is 0 Å². The maximum absolute atomic E-state index is 12.4. The van der Waals surface area contributed by atoms with Crippen LogP contribution in [0.15, 0.2) is 36.7 Å². The van der Waals surface area contributed by atoms with Gasteiger partial charge in [0, 0.05) is 20.0 Å². The van der Waals surface area contributed by atoms with E-state index in [9.17, 15) is 4.79 Å². The van der Waals surface area contributed by atoms with Gasteiger partial charge in [-0.2, -0.15) is 0 Å². The first-order valence-corrected chi connectivity index (χ1v) is 8.15. The van der Waals surface area contributed by atoms with Crippen molar-refractivity contribution in [2.24, 2.45) is 7.05 Å². The molecule has 1 aliphatic rings. The van der Waals surface area contributed by atoms with E-state index in [0.717, 1.165) is 11.6 Å². The van der Waals surface area contributed by atoms with Gasteiger partial charge in [0.25, 0.3) is 0 Å². The molecule has 1 saturated heterocycles. The Morgan fingerprint density at radius 3 is 2.96 bits per heavy atom. The van der Waals surface area contributed by atoms with Crippen LogP contribution in [0, 0.1) is 0 Å². The summed E-state index contributed by atoms with van der Waals surface area (Å²) in [7, 11) is 1.88. The number of carbonyl (C=O) groups excluding carboxylic acids is 1. The number of aromatic nitrogens is 3. The summed E-state index contributed by atoms with van der Waals surface area (Å²) in [5.74, 6) is 1.71. The van der Waals surface area contributed by atoms with Crippen molar-refractivity contribution in [1.82, 2.24) is 19.7 Å². The molecule has 0 radical (unpaired) electrons. The number of ether oxygens (including phenoxy) is 2. The Morgan fingerprint density at radius 1 is 1.38 bits per heavy atom. The number of morpholine rings is 1. The summed E-state index contributed by atoms with van der Waals surface area (Å²) in [4.78, 5) is 14.2. The second-order valence-corrected chi connectivity index (χ2v) is 5.76. The SMILES string of the molecule is Cn1cnnc1[C@H]1CN(C(=O)CCCOc2ccccc2)CCO1. The fraction of sp³-hybridized carbons (Fsp3) is 0.471. The fourth-order valence-electron chi connectivity index (χ4n) is 2.70. The number of hydrogen-bond acceptors (Lipinski definition) is 5. The van der Waals surface area contributed by atoms with E-state index >= 15 is 0 Å². The number of aryl methyl sites for hydroxylation is 1. The van der Waals surface area contributed by atoms with Crippen LogP contribution in [0.1, 0.15) is 24.8 Å². The molecule has 1 fully saturated rings. The molecular weight excluding hydrogens is 308 g/mol. The molecule has 0 unspecified atom stereocenters. The highest BCUT2D eigenvalue weighted by molar-refractivity contribution is 5.76. The van der Waals surface area contributed by atoms with E-state index in [0.29, 0.717) is 39.1 Å². The Balaban J connectivity index is 1.44. The first kappa shape index (κ1) is 16.4. The molecule has 7 heteroatoms. The van der Waals surface area contributed by atoms with Gasteiger partial charge in [-0.3, -0.25) is 4.79 Å². The van der Waals surface area contributed by atoms with Crippen LogP contribution in [-0.2, 0) is 16.6 Å². The largest absolute Gasteiger partial charge is 0.494 e. The highest BCUT2D eigenvalue weighted by atomic mass is 16.5. The molecule has 2 aromatic rings. The number of benzene rings is 1. The van der Waals surface area contributed by atoms with Gasteiger partial charge < -0.3 is 18.9 Å². The maximum atomic E-state index is 12.4. The molecule has 24 heavy (non-hydrogen) atoms. The van der Waals surface area contributed by atoms with Crippen LogP contribution in [0.25, 0.3) is 0 Å². The Morgan fingerprint density at radius 2 is 2.21 bits per heavy atom. The number of rotatable bonds is 6. The monoisotopic (exact) mass is 330 g/mol. The van der Waals surface area contributed by atoms with Gasteiger partial charge in [0.1, 0.15) is 18.2 Å². The summed E-state index contributed by atoms with van der Waals surface area (Å²) in [6.45, 7) is 2.19. The molecule has 0 spiro atoms. The predicted molar refractivity (Wildman–Crippen MR) is 87.4 cm³/mol. The lowest BCUT2D eigenvalue weighted by Gasteiger charge is -2.32. The summed E-state index contributed by atoms with van der Waals surface area (Å²) in [5, 5.41) is 7.94. The van der Waals surface area contributed by atoms with Crippen molar-refractivity contribution in [3.05, 3.63) is 42.5 Å². The van der Waals surface area contributed by atoms with E-state index in [-0.39, 0.29) is 12.0 Å². The van der Waals surface area contributed by atoms with E-state index in [1.807, 2.05) is 46.8 Å². The van der Waals surface area contributed by atoms with Gasteiger partial charge in [0.2, 0.25) is 5.91 Å². The molecule has 0 N–H and O–H groups in total. The lowest BCUT2D eigenvalue weighted by atomic mass is 10.2. The minimum absolute atomic E-state index is 0.127. The third-order valence-corrected chi connectivity index (χ3v) is 4.00. The molecule has 0 saturated carbocycles. The van der Waals surface area contributed by atoms with Gasteiger partial charge in [-0.25, -0.2) is 0 Å². The van der Waals surface area contributed by atoms with Crippen LogP contribution in [0.3, 0.4) is 0 Å². The zero-order valence-corrected chi connectivity index (χ0v) is 13.8. The molecule has 1 atom stereocenters. The Bertz CT molecular complexity index is 659. The van der Waals surface area contributed by atoms with E-state index < -0.39 is 0 Å². The van der Waals surface area contributed by atoms with Crippen LogP contribution in [-0.4, -0.2) is 51.9 Å². The maximum Gasteiger partial charge on any atom is 0.222 e. The van der Waals surface area contributed by atoms with Gasteiger partial charge in [0.05, 0.1) is 19.8 Å². The molecule has 1 amide bonds. The minimum Gasteiger partial charge on any atom is -0.494 e. The van der Waals surface area contributed by atoms with Crippen molar-refractivity contribution in [2.45, 2.75) is 18.9 Å². The topological polar surface area (TPSA) is 69.5 Å². The molecule has 2 heterocycles. The molecular formula is C17H22N4O3. The first-order valence-electron chi connectivity index (χ1n) is 8.15. The quantitative estimate of drug-likeness (QED) is 0.752. The molecule has 128 valence electrons. The standard InChI is InChI=1S/C17H22N4O3/c1-20-13-18-19-17(20)15-12-21(9-11-24-15)16(22)8-5-10-23-14-6-3-2-4-7-14/h2-4,6-7,13,15H,5,8-12H2,1H3/t15-/m1/s1. The van der Waals surface area contributed by atoms with Crippen molar-refractivity contribution in [1.29, 1.82) is 0 Å². The Hall–Kier alpha value is -2.41. The van der Waals surface area contributed by atoms with Crippen LogP contribution in [0.5, 0.6) is 5.75 Å². The third-order valence-electron chi connectivity index (χ3n) is 4.00. The lowest BCUT2D eigenvalue weighted by Crippen LogP contribution is -2.42. The van der Waals surface area contributed by atoms with Crippen LogP contribution in [0.2, 0.25) is 0 Å². The number of para-hydroxylation sites is 1. The van der Waals surface area contributed by atoms with Gasteiger partial charge in [-0.05, 0) is 18.6 Å².